The molecule has 1 rings (SSSR count). The Balaban J connectivity index is 2.74. The van der Waals surface area contributed by atoms with Crippen LogP contribution in [0.25, 0.3) is 0 Å². The zero-order chi connectivity index (χ0) is 15.8. The first-order valence-corrected chi connectivity index (χ1v) is 6.75. The number of aromatic carboxylic acids is 1. The van der Waals surface area contributed by atoms with Gasteiger partial charge in [0.05, 0.1) is 12.2 Å². The Morgan fingerprint density at radius 2 is 2.14 bits per heavy atom. The molecule has 7 heteroatoms. The third-order valence-electron chi connectivity index (χ3n) is 2.85. The predicted molar refractivity (Wildman–Crippen MR) is 78.5 cm³/mol. The number of rotatable bonds is 8. The van der Waals surface area contributed by atoms with Crippen molar-refractivity contribution in [1.82, 2.24) is 10.3 Å². The van der Waals surface area contributed by atoms with Crippen molar-refractivity contribution in [2.75, 3.05) is 25.6 Å². The monoisotopic (exact) mass is 295 g/mol. The molecule has 0 bridgehead atoms. The fraction of sp³-hybridized carbons (Fsp3) is 0.500. The molecular formula is C14H21N3O4. The van der Waals surface area contributed by atoms with Gasteiger partial charge in [-0.15, -0.1) is 0 Å². The molecule has 116 valence electrons. The summed E-state index contributed by atoms with van der Waals surface area (Å²) in [6.45, 7) is 4.43. The van der Waals surface area contributed by atoms with Crippen molar-refractivity contribution in [2.24, 2.45) is 0 Å². The van der Waals surface area contributed by atoms with E-state index in [1.54, 1.807) is 14.0 Å². The van der Waals surface area contributed by atoms with E-state index in [0.717, 1.165) is 0 Å². The molecule has 0 aliphatic rings. The van der Waals surface area contributed by atoms with Gasteiger partial charge in [0.1, 0.15) is 11.9 Å². The number of ether oxygens (including phenoxy) is 1. The molecular weight excluding hydrogens is 274 g/mol. The molecule has 0 saturated carbocycles. The van der Waals surface area contributed by atoms with E-state index >= 15 is 0 Å². The molecule has 0 aromatic carbocycles. The molecule has 1 aromatic heterocycles. The highest BCUT2D eigenvalue weighted by atomic mass is 16.5. The van der Waals surface area contributed by atoms with E-state index in [2.05, 4.69) is 15.6 Å². The van der Waals surface area contributed by atoms with Crippen LogP contribution in [0.5, 0.6) is 0 Å². The van der Waals surface area contributed by atoms with Crippen LogP contribution >= 0.6 is 0 Å². The molecule has 0 aliphatic carbocycles. The minimum atomic E-state index is -1.02. The molecule has 1 unspecified atom stereocenters. The number of nitrogens with zero attached hydrogens (tertiary/aromatic N) is 1. The highest BCUT2D eigenvalue weighted by Gasteiger charge is 2.14. The predicted octanol–water partition coefficient (Wildman–Crippen LogP) is 0.905. The molecule has 3 N–H and O–H groups in total. The second-order valence-corrected chi connectivity index (χ2v) is 4.54. The number of hydrogen-bond donors (Lipinski definition) is 3. The quantitative estimate of drug-likeness (QED) is 0.616. The molecule has 7 nitrogen and oxygen atoms in total. The van der Waals surface area contributed by atoms with Crippen LogP contribution in [0.4, 0.5) is 5.82 Å². The van der Waals surface area contributed by atoms with Crippen LogP contribution in [0.2, 0.25) is 0 Å². The average Bonchev–Trinajstić information content (AvgIpc) is 2.46. The third-order valence-corrected chi connectivity index (χ3v) is 2.85. The lowest BCUT2D eigenvalue weighted by molar-refractivity contribution is -0.121. The number of carbonyl (C=O) groups excluding carboxylic acids is 1. The summed E-state index contributed by atoms with van der Waals surface area (Å²) in [6, 6.07) is 2.42. The third kappa shape index (κ3) is 5.39. The Hall–Kier alpha value is -2.15. The van der Waals surface area contributed by atoms with E-state index in [1.165, 1.54) is 12.1 Å². The first-order chi connectivity index (χ1) is 9.97. The molecule has 1 heterocycles. The maximum absolute atomic E-state index is 11.8. The van der Waals surface area contributed by atoms with Crippen molar-refractivity contribution in [3.63, 3.8) is 0 Å². The molecule has 21 heavy (non-hydrogen) atoms. The lowest BCUT2D eigenvalue weighted by Crippen LogP contribution is -2.39. The normalized spacial score (nSPS) is 11.8. The summed E-state index contributed by atoms with van der Waals surface area (Å²) in [6.07, 6.45) is 0.615. The first-order valence-electron chi connectivity index (χ1n) is 6.75. The molecule has 0 fully saturated rings. The lowest BCUT2D eigenvalue weighted by Gasteiger charge is -2.15. The summed E-state index contributed by atoms with van der Waals surface area (Å²) in [4.78, 5) is 27.2. The van der Waals surface area contributed by atoms with Crippen molar-refractivity contribution >= 4 is 17.7 Å². The fourth-order valence-corrected chi connectivity index (χ4v) is 1.68. The zero-order valence-corrected chi connectivity index (χ0v) is 12.5. The molecule has 1 amide bonds. The Morgan fingerprint density at radius 1 is 1.43 bits per heavy atom. The first kappa shape index (κ1) is 16.9. The van der Waals surface area contributed by atoms with Crippen molar-refractivity contribution in [1.29, 1.82) is 0 Å². The van der Waals surface area contributed by atoms with Gasteiger partial charge in [0.15, 0.2) is 0 Å². The Labute approximate surface area is 123 Å². The summed E-state index contributed by atoms with van der Waals surface area (Å²) in [5, 5.41) is 14.7. The summed E-state index contributed by atoms with van der Waals surface area (Å²) in [5.74, 6) is -0.846. The van der Waals surface area contributed by atoms with E-state index in [1.807, 2.05) is 6.92 Å². The number of carbonyl (C=O) groups is 2. The van der Waals surface area contributed by atoms with E-state index < -0.39 is 12.0 Å². The standard InChI is InChI=1S/C14H21N3O4/c1-4-11-7-10(14(19)20)8-12(17-11)16-9(2)13(18)15-5-6-21-3/h7-9H,4-6H2,1-3H3,(H,15,18)(H,16,17)(H,19,20). The van der Waals surface area contributed by atoms with Crippen LogP contribution in [0.15, 0.2) is 12.1 Å². The zero-order valence-electron chi connectivity index (χ0n) is 12.5. The summed E-state index contributed by atoms with van der Waals surface area (Å²) >= 11 is 0. The van der Waals surface area contributed by atoms with Crippen LogP contribution < -0.4 is 10.6 Å². The highest BCUT2D eigenvalue weighted by molar-refractivity contribution is 5.89. The average molecular weight is 295 g/mol. The number of carboxylic acid groups (broad SMARTS) is 1. The van der Waals surface area contributed by atoms with E-state index in [4.69, 9.17) is 9.84 Å². The summed E-state index contributed by atoms with van der Waals surface area (Å²) in [5.41, 5.74) is 0.806. The van der Waals surface area contributed by atoms with E-state index in [-0.39, 0.29) is 11.5 Å². The maximum atomic E-state index is 11.8. The molecule has 1 aromatic rings. The van der Waals surface area contributed by atoms with E-state index in [9.17, 15) is 9.59 Å². The fourth-order valence-electron chi connectivity index (χ4n) is 1.68. The second kappa shape index (κ2) is 8.21. The van der Waals surface area contributed by atoms with Gasteiger partial charge in [0.2, 0.25) is 5.91 Å². The molecule has 0 spiro atoms. The van der Waals surface area contributed by atoms with Gasteiger partial charge in [-0.05, 0) is 25.5 Å². The summed E-state index contributed by atoms with van der Waals surface area (Å²) in [7, 11) is 1.56. The van der Waals surface area contributed by atoms with Crippen molar-refractivity contribution in [2.45, 2.75) is 26.3 Å². The Bertz CT molecular complexity index is 505. The number of aromatic nitrogens is 1. The maximum Gasteiger partial charge on any atom is 0.335 e. The van der Waals surface area contributed by atoms with Crippen LogP contribution in [-0.2, 0) is 16.0 Å². The highest BCUT2D eigenvalue weighted by Crippen LogP contribution is 2.12. The van der Waals surface area contributed by atoms with Crippen LogP contribution in [-0.4, -0.2) is 48.3 Å². The van der Waals surface area contributed by atoms with Gasteiger partial charge < -0.3 is 20.5 Å². The van der Waals surface area contributed by atoms with Gasteiger partial charge in [0, 0.05) is 19.3 Å². The number of pyridine rings is 1. The Morgan fingerprint density at radius 3 is 2.71 bits per heavy atom. The number of anilines is 1. The minimum Gasteiger partial charge on any atom is -0.478 e. The van der Waals surface area contributed by atoms with Gasteiger partial charge >= 0.3 is 5.97 Å². The van der Waals surface area contributed by atoms with Crippen LogP contribution in [0, 0.1) is 0 Å². The van der Waals surface area contributed by atoms with Gasteiger partial charge in [-0.1, -0.05) is 6.92 Å². The lowest BCUT2D eigenvalue weighted by atomic mass is 10.2. The minimum absolute atomic E-state index is 0.149. The van der Waals surface area contributed by atoms with Crippen molar-refractivity contribution in [3.05, 3.63) is 23.4 Å². The van der Waals surface area contributed by atoms with Gasteiger partial charge in [0.25, 0.3) is 0 Å². The molecule has 0 aliphatic heterocycles. The van der Waals surface area contributed by atoms with Gasteiger partial charge in [-0.2, -0.15) is 0 Å². The van der Waals surface area contributed by atoms with E-state index in [0.29, 0.717) is 31.1 Å². The Kier molecular flexibility index (Phi) is 6.61. The topological polar surface area (TPSA) is 101 Å². The molecule has 1 atom stereocenters. The van der Waals surface area contributed by atoms with Crippen LogP contribution in [0.3, 0.4) is 0 Å². The van der Waals surface area contributed by atoms with Crippen molar-refractivity contribution in [3.8, 4) is 0 Å². The second-order valence-electron chi connectivity index (χ2n) is 4.54. The smallest absolute Gasteiger partial charge is 0.335 e. The largest absolute Gasteiger partial charge is 0.478 e. The molecule has 0 saturated heterocycles. The number of carboxylic acids is 1. The van der Waals surface area contributed by atoms with Crippen molar-refractivity contribution < 1.29 is 19.4 Å². The van der Waals surface area contributed by atoms with Gasteiger partial charge in [-0.25, -0.2) is 9.78 Å². The van der Waals surface area contributed by atoms with Crippen LogP contribution in [0.1, 0.15) is 29.9 Å². The number of aryl methyl sites for hydroxylation is 1. The summed E-state index contributed by atoms with van der Waals surface area (Å²) < 4.78 is 4.85. The number of amides is 1. The molecule has 0 radical (unpaired) electrons. The van der Waals surface area contributed by atoms with Gasteiger partial charge in [-0.3, -0.25) is 4.79 Å². The number of methoxy groups -OCH3 is 1. The number of nitrogens with one attached hydrogen (secondary N) is 2. The SMILES string of the molecule is CCc1cc(C(=O)O)cc(NC(C)C(=O)NCCOC)n1. The number of hydrogen-bond acceptors (Lipinski definition) is 5.